The minimum absolute atomic E-state index is 0. The summed E-state index contributed by atoms with van der Waals surface area (Å²) in [4.78, 5) is 2.27. The van der Waals surface area contributed by atoms with Crippen LogP contribution in [0.4, 0.5) is 4.39 Å². The Balaban J connectivity index is 0.00000132. The van der Waals surface area contributed by atoms with Gasteiger partial charge in [-0.15, -0.1) is 24.8 Å². The Morgan fingerprint density at radius 1 is 1.30 bits per heavy atom. The molecule has 0 amide bonds. The van der Waals surface area contributed by atoms with Gasteiger partial charge in [0.15, 0.2) is 11.6 Å². The van der Waals surface area contributed by atoms with Gasteiger partial charge in [-0.3, -0.25) is 4.90 Å². The van der Waals surface area contributed by atoms with Crippen LogP contribution in [0.3, 0.4) is 0 Å². The summed E-state index contributed by atoms with van der Waals surface area (Å²) in [5, 5.41) is 22.8. The molecule has 2 fully saturated rings. The summed E-state index contributed by atoms with van der Waals surface area (Å²) < 4.78 is 13.8. The maximum Gasteiger partial charge on any atom is 0.165 e. The second-order valence-corrected chi connectivity index (χ2v) is 5.95. The van der Waals surface area contributed by atoms with Crippen LogP contribution in [-0.4, -0.2) is 36.2 Å². The molecule has 7 heteroatoms. The van der Waals surface area contributed by atoms with Crippen molar-refractivity contribution in [2.24, 2.45) is 5.92 Å². The largest absolute Gasteiger partial charge is 0.505 e. The number of phenols is 1. The Kier molecular flexibility index (Phi) is 7.56. The van der Waals surface area contributed by atoms with Crippen LogP contribution in [0.2, 0.25) is 0 Å². The molecule has 1 aromatic carbocycles. The number of hydrogen-bond acceptors (Lipinski definition) is 4. The fraction of sp³-hybridized carbons (Fsp3) is 0.562. The number of phenolic OH excluding ortho intramolecular Hbond substituents is 1. The fourth-order valence-electron chi connectivity index (χ4n) is 3.13. The lowest BCUT2D eigenvalue weighted by atomic mass is 9.93. The van der Waals surface area contributed by atoms with E-state index in [1.807, 2.05) is 0 Å². The van der Waals surface area contributed by atoms with E-state index >= 15 is 0 Å². The molecule has 0 radical (unpaired) electrons. The number of nitrogens with one attached hydrogen (secondary N) is 1. The molecule has 23 heavy (non-hydrogen) atoms. The molecule has 3 rings (SSSR count). The molecule has 4 nitrogen and oxygen atoms in total. The highest BCUT2D eigenvalue weighted by Gasteiger charge is 2.33. The first-order valence-electron chi connectivity index (χ1n) is 7.57. The Morgan fingerprint density at radius 2 is 1.96 bits per heavy atom. The number of benzene rings is 1. The Labute approximate surface area is 148 Å². The minimum atomic E-state index is -0.639. The number of nitriles is 1. The Hall–Kier alpha value is -1.06. The van der Waals surface area contributed by atoms with E-state index in [0.29, 0.717) is 17.0 Å². The highest BCUT2D eigenvalue weighted by Crippen LogP contribution is 2.43. The molecule has 0 aromatic heterocycles. The number of halogens is 3. The van der Waals surface area contributed by atoms with Gasteiger partial charge in [0.25, 0.3) is 0 Å². The molecule has 0 spiro atoms. The van der Waals surface area contributed by atoms with E-state index in [9.17, 15) is 14.8 Å². The van der Waals surface area contributed by atoms with Crippen LogP contribution in [0.1, 0.15) is 36.4 Å². The quantitative estimate of drug-likeness (QED) is 0.865. The van der Waals surface area contributed by atoms with Crippen LogP contribution >= 0.6 is 24.8 Å². The Bertz CT molecular complexity index is 569. The van der Waals surface area contributed by atoms with Crippen molar-refractivity contribution < 1.29 is 9.50 Å². The van der Waals surface area contributed by atoms with Gasteiger partial charge in [-0.25, -0.2) is 4.39 Å². The summed E-state index contributed by atoms with van der Waals surface area (Å²) in [6.45, 7) is 3.49. The van der Waals surface area contributed by atoms with Gasteiger partial charge < -0.3 is 10.4 Å². The molecule has 1 saturated heterocycles. The fourth-order valence-corrected chi connectivity index (χ4v) is 3.13. The van der Waals surface area contributed by atoms with Gasteiger partial charge in [-0.05, 0) is 24.5 Å². The SMILES string of the molecule is Cl.Cl.N#Cc1ccc(F)c(O)c1[C@H](CC1CC1)N1CCNCC1. The van der Waals surface area contributed by atoms with Gasteiger partial charge in [0.1, 0.15) is 0 Å². The third-order valence-electron chi connectivity index (χ3n) is 4.47. The van der Waals surface area contributed by atoms with Crippen LogP contribution in [0.15, 0.2) is 12.1 Å². The molecule has 1 aromatic rings. The van der Waals surface area contributed by atoms with Crippen molar-refractivity contribution in [2.75, 3.05) is 26.2 Å². The molecule has 2 aliphatic rings. The summed E-state index contributed by atoms with van der Waals surface area (Å²) in [5.41, 5.74) is 0.865. The van der Waals surface area contributed by atoms with Crippen molar-refractivity contribution in [2.45, 2.75) is 25.3 Å². The van der Waals surface area contributed by atoms with Crippen molar-refractivity contribution in [3.05, 3.63) is 29.1 Å². The monoisotopic (exact) mass is 361 g/mol. The zero-order valence-electron chi connectivity index (χ0n) is 12.8. The smallest absolute Gasteiger partial charge is 0.165 e. The molecular weight excluding hydrogens is 340 g/mol. The minimum Gasteiger partial charge on any atom is -0.505 e. The molecule has 128 valence electrons. The van der Waals surface area contributed by atoms with Gasteiger partial charge in [0, 0.05) is 37.8 Å². The van der Waals surface area contributed by atoms with E-state index in [4.69, 9.17) is 0 Å². The van der Waals surface area contributed by atoms with Gasteiger partial charge in [0.2, 0.25) is 0 Å². The van der Waals surface area contributed by atoms with Gasteiger partial charge in [-0.2, -0.15) is 5.26 Å². The zero-order valence-corrected chi connectivity index (χ0v) is 14.4. The van der Waals surface area contributed by atoms with Crippen LogP contribution in [0, 0.1) is 23.1 Å². The zero-order chi connectivity index (χ0) is 14.8. The number of rotatable bonds is 4. The molecule has 1 saturated carbocycles. The van der Waals surface area contributed by atoms with Crippen LogP contribution < -0.4 is 5.32 Å². The first-order valence-corrected chi connectivity index (χ1v) is 7.57. The van der Waals surface area contributed by atoms with E-state index < -0.39 is 5.82 Å². The first-order chi connectivity index (χ1) is 10.2. The van der Waals surface area contributed by atoms with Crippen molar-refractivity contribution in [3.63, 3.8) is 0 Å². The standard InChI is InChI=1S/C16H20FN3O.2ClH/c17-13-4-3-12(10-18)15(16(13)21)14(9-11-1-2-11)20-7-5-19-6-8-20;;/h3-4,11,14,19,21H,1-2,5-9H2;2*1H/t14-;;/m0../s1. The van der Waals surface area contributed by atoms with E-state index in [0.717, 1.165) is 32.6 Å². The van der Waals surface area contributed by atoms with Crippen LogP contribution in [-0.2, 0) is 0 Å². The summed E-state index contributed by atoms with van der Waals surface area (Å²) in [6, 6.07) is 4.69. The van der Waals surface area contributed by atoms with Gasteiger partial charge >= 0.3 is 0 Å². The highest BCUT2D eigenvalue weighted by molar-refractivity contribution is 5.85. The van der Waals surface area contributed by atoms with E-state index in [2.05, 4.69) is 16.3 Å². The third kappa shape index (κ3) is 4.48. The maximum absolute atomic E-state index is 13.8. The van der Waals surface area contributed by atoms with Crippen molar-refractivity contribution in [1.82, 2.24) is 10.2 Å². The lowest BCUT2D eigenvalue weighted by Crippen LogP contribution is -2.45. The second kappa shape index (κ2) is 8.70. The summed E-state index contributed by atoms with van der Waals surface area (Å²) >= 11 is 0. The molecule has 0 unspecified atom stereocenters. The summed E-state index contributed by atoms with van der Waals surface area (Å²) in [5.74, 6) is -0.350. The number of piperazine rings is 1. The molecule has 2 N–H and O–H groups in total. The molecule has 1 aliphatic carbocycles. The van der Waals surface area contributed by atoms with Crippen molar-refractivity contribution in [3.8, 4) is 11.8 Å². The number of aromatic hydroxyl groups is 1. The molecule has 1 atom stereocenters. The average Bonchev–Trinajstić information content (AvgIpc) is 3.33. The van der Waals surface area contributed by atoms with Crippen molar-refractivity contribution in [1.29, 1.82) is 5.26 Å². The second-order valence-electron chi connectivity index (χ2n) is 5.95. The topological polar surface area (TPSA) is 59.3 Å². The normalized spacial score (nSPS) is 19.1. The van der Waals surface area contributed by atoms with Crippen LogP contribution in [0.25, 0.3) is 0 Å². The summed E-state index contributed by atoms with van der Waals surface area (Å²) in [7, 11) is 0. The highest BCUT2D eigenvalue weighted by atomic mass is 35.5. The lowest BCUT2D eigenvalue weighted by Gasteiger charge is -2.36. The Morgan fingerprint density at radius 3 is 2.52 bits per heavy atom. The van der Waals surface area contributed by atoms with E-state index in [1.165, 1.54) is 25.0 Å². The predicted molar refractivity (Wildman–Crippen MR) is 91.8 cm³/mol. The molecule has 1 aliphatic heterocycles. The third-order valence-corrected chi connectivity index (χ3v) is 4.47. The predicted octanol–water partition coefficient (Wildman–Crippen LogP) is 2.99. The van der Waals surface area contributed by atoms with Gasteiger partial charge in [-0.1, -0.05) is 12.8 Å². The lowest BCUT2D eigenvalue weighted by molar-refractivity contribution is 0.157. The van der Waals surface area contributed by atoms with Crippen LogP contribution in [0.5, 0.6) is 5.75 Å². The number of hydrogen-bond donors (Lipinski definition) is 2. The molecule has 1 heterocycles. The van der Waals surface area contributed by atoms with Crippen molar-refractivity contribution >= 4 is 24.8 Å². The maximum atomic E-state index is 13.8. The summed E-state index contributed by atoms with van der Waals surface area (Å²) in [6.07, 6.45) is 3.28. The van der Waals surface area contributed by atoms with Gasteiger partial charge in [0.05, 0.1) is 11.6 Å². The number of nitrogens with zero attached hydrogens (tertiary/aromatic N) is 2. The van der Waals surface area contributed by atoms with E-state index in [-0.39, 0.29) is 36.6 Å². The van der Waals surface area contributed by atoms with E-state index in [1.54, 1.807) is 0 Å². The molecule has 0 bridgehead atoms. The average molecular weight is 362 g/mol. The first kappa shape index (κ1) is 20.0. The molecular formula is C16H22Cl2FN3O.